The summed E-state index contributed by atoms with van der Waals surface area (Å²) >= 11 is 0. The van der Waals surface area contributed by atoms with Crippen LogP contribution in [0.2, 0.25) is 0 Å². The van der Waals surface area contributed by atoms with Crippen LogP contribution in [0.25, 0.3) is 0 Å². The average Bonchev–Trinajstić information content (AvgIpc) is 2.98. The van der Waals surface area contributed by atoms with Gasteiger partial charge in [-0.15, -0.1) is 0 Å². The number of hydrogen-bond donors (Lipinski definition) is 2. The molecular formula is C12H18N4O3S. The van der Waals surface area contributed by atoms with Crippen molar-refractivity contribution in [2.45, 2.75) is 25.1 Å². The largest absolute Gasteiger partial charge is 0.447 e. The summed E-state index contributed by atoms with van der Waals surface area (Å²) < 4.78 is 33.7. The summed E-state index contributed by atoms with van der Waals surface area (Å²) in [5.41, 5.74) is 1.75. The maximum Gasteiger partial charge on any atom is 0.274 e. The first kappa shape index (κ1) is 14.8. The highest BCUT2D eigenvalue weighted by atomic mass is 32.2. The SMILES string of the molecule is CNCc1ccc(S(=O)(=O)NCc2cnn(C)c2C)o1. The molecule has 0 aliphatic rings. The van der Waals surface area contributed by atoms with Crippen LogP contribution in [0.5, 0.6) is 0 Å². The molecule has 110 valence electrons. The van der Waals surface area contributed by atoms with Gasteiger partial charge in [-0.1, -0.05) is 0 Å². The van der Waals surface area contributed by atoms with Crippen LogP contribution in [-0.2, 0) is 30.2 Å². The molecule has 2 heterocycles. The Balaban J connectivity index is 2.08. The number of rotatable bonds is 6. The zero-order valence-corrected chi connectivity index (χ0v) is 12.5. The third-order valence-corrected chi connectivity index (χ3v) is 4.32. The van der Waals surface area contributed by atoms with Gasteiger partial charge in [0.1, 0.15) is 5.76 Å². The molecule has 0 amide bonds. The molecule has 0 atom stereocenters. The van der Waals surface area contributed by atoms with Gasteiger partial charge in [0.2, 0.25) is 5.09 Å². The minimum Gasteiger partial charge on any atom is -0.447 e. The van der Waals surface area contributed by atoms with Gasteiger partial charge in [0.15, 0.2) is 0 Å². The smallest absolute Gasteiger partial charge is 0.274 e. The Morgan fingerprint density at radius 3 is 2.70 bits per heavy atom. The topological polar surface area (TPSA) is 89.2 Å². The lowest BCUT2D eigenvalue weighted by atomic mass is 10.3. The number of sulfonamides is 1. The highest BCUT2D eigenvalue weighted by Gasteiger charge is 2.19. The molecule has 20 heavy (non-hydrogen) atoms. The summed E-state index contributed by atoms with van der Waals surface area (Å²) in [6.07, 6.45) is 1.65. The molecule has 8 heteroatoms. The normalized spacial score (nSPS) is 11.9. The van der Waals surface area contributed by atoms with E-state index in [-0.39, 0.29) is 11.6 Å². The second-order valence-corrected chi connectivity index (χ2v) is 6.15. The quantitative estimate of drug-likeness (QED) is 0.811. The molecule has 0 spiro atoms. The van der Waals surface area contributed by atoms with Gasteiger partial charge in [0, 0.05) is 24.8 Å². The van der Waals surface area contributed by atoms with Gasteiger partial charge in [-0.2, -0.15) is 5.10 Å². The van der Waals surface area contributed by atoms with Gasteiger partial charge >= 0.3 is 0 Å². The zero-order valence-electron chi connectivity index (χ0n) is 11.7. The molecule has 2 N–H and O–H groups in total. The zero-order chi connectivity index (χ0) is 14.8. The second kappa shape index (κ2) is 5.78. The van der Waals surface area contributed by atoms with E-state index in [0.717, 1.165) is 11.3 Å². The highest BCUT2D eigenvalue weighted by molar-refractivity contribution is 7.89. The van der Waals surface area contributed by atoms with Crippen molar-refractivity contribution in [3.63, 3.8) is 0 Å². The molecule has 2 rings (SSSR count). The van der Waals surface area contributed by atoms with Crippen molar-refractivity contribution in [1.29, 1.82) is 0 Å². The Hall–Kier alpha value is -1.64. The Labute approximate surface area is 118 Å². The van der Waals surface area contributed by atoms with Gasteiger partial charge in [0.05, 0.1) is 12.7 Å². The van der Waals surface area contributed by atoms with Gasteiger partial charge < -0.3 is 9.73 Å². The number of nitrogens with one attached hydrogen (secondary N) is 2. The van der Waals surface area contributed by atoms with E-state index in [1.165, 1.54) is 6.07 Å². The Morgan fingerprint density at radius 2 is 2.10 bits per heavy atom. The van der Waals surface area contributed by atoms with Crippen molar-refractivity contribution >= 4 is 10.0 Å². The molecule has 0 aliphatic heterocycles. The van der Waals surface area contributed by atoms with Crippen LogP contribution < -0.4 is 10.0 Å². The van der Waals surface area contributed by atoms with Gasteiger partial charge in [0.25, 0.3) is 10.0 Å². The Morgan fingerprint density at radius 1 is 1.35 bits per heavy atom. The lowest BCUT2D eigenvalue weighted by molar-refractivity contribution is 0.404. The molecule has 0 bridgehead atoms. The lowest BCUT2D eigenvalue weighted by Gasteiger charge is -2.04. The number of nitrogens with zero attached hydrogens (tertiary/aromatic N) is 2. The van der Waals surface area contributed by atoms with Crippen LogP contribution in [0.4, 0.5) is 0 Å². The summed E-state index contributed by atoms with van der Waals surface area (Å²) in [4.78, 5) is 0. The lowest BCUT2D eigenvalue weighted by Crippen LogP contribution is -2.23. The third kappa shape index (κ3) is 3.09. The first-order valence-electron chi connectivity index (χ1n) is 6.14. The molecule has 0 fully saturated rings. The Kier molecular flexibility index (Phi) is 4.26. The van der Waals surface area contributed by atoms with Crippen LogP contribution in [0.1, 0.15) is 17.0 Å². The predicted octanol–water partition coefficient (Wildman–Crippen LogP) is 0.519. The van der Waals surface area contributed by atoms with Crippen LogP contribution in [0, 0.1) is 6.92 Å². The van der Waals surface area contributed by atoms with Gasteiger partial charge in [-0.25, -0.2) is 13.1 Å². The first-order valence-corrected chi connectivity index (χ1v) is 7.63. The number of aryl methyl sites for hydroxylation is 1. The Bertz CT molecular complexity index is 687. The number of furan rings is 1. The molecular weight excluding hydrogens is 280 g/mol. The predicted molar refractivity (Wildman–Crippen MR) is 73.4 cm³/mol. The van der Waals surface area contributed by atoms with E-state index in [2.05, 4.69) is 15.1 Å². The fraction of sp³-hybridized carbons (Fsp3) is 0.417. The summed E-state index contributed by atoms with van der Waals surface area (Å²) in [6.45, 7) is 2.55. The van der Waals surface area contributed by atoms with E-state index >= 15 is 0 Å². The third-order valence-electron chi connectivity index (χ3n) is 3.04. The average molecular weight is 298 g/mol. The standard InChI is InChI=1S/C12H18N4O3S/c1-9-10(6-14-16(9)3)7-15-20(17,18)12-5-4-11(19-12)8-13-2/h4-6,13,15H,7-8H2,1-3H3. The van der Waals surface area contributed by atoms with Gasteiger partial charge in [-0.3, -0.25) is 4.68 Å². The highest BCUT2D eigenvalue weighted by Crippen LogP contribution is 2.14. The molecule has 2 aromatic rings. The maximum absolute atomic E-state index is 12.1. The van der Waals surface area contributed by atoms with E-state index in [1.54, 1.807) is 24.0 Å². The molecule has 0 radical (unpaired) electrons. The van der Waals surface area contributed by atoms with E-state index in [0.29, 0.717) is 12.3 Å². The molecule has 2 aromatic heterocycles. The summed E-state index contributed by atoms with van der Waals surface area (Å²) in [6, 6.07) is 3.09. The minimum atomic E-state index is -3.64. The number of aromatic nitrogens is 2. The van der Waals surface area contributed by atoms with Crippen LogP contribution in [0.3, 0.4) is 0 Å². The van der Waals surface area contributed by atoms with Crippen molar-refractivity contribution in [2.24, 2.45) is 7.05 Å². The molecule has 0 saturated heterocycles. The van der Waals surface area contributed by atoms with Crippen LogP contribution in [0.15, 0.2) is 27.8 Å². The van der Waals surface area contributed by atoms with Crippen molar-refractivity contribution in [3.05, 3.63) is 35.3 Å². The van der Waals surface area contributed by atoms with Crippen molar-refractivity contribution in [2.75, 3.05) is 7.05 Å². The summed E-state index contributed by atoms with van der Waals surface area (Å²) in [5.74, 6) is 0.574. The molecule has 7 nitrogen and oxygen atoms in total. The molecule has 0 unspecified atom stereocenters. The van der Waals surface area contributed by atoms with Crippen LogP contribution in [-0.4, -0.2) is 25.2 Å². The van der Waals surface area contributed by atoms with Crippen molar-refractivity contribution in [3.8, 4) is 0 Å². The first-order chi connectivity index (χ1) is 9.44. The van der Waals surface area contributed by atoms with Crippen molar-refractivity contribution < 1.29 is 12.8 Å². The maximum atomic E-state index is 12.1. The van der Waals surface area contributed by atoms with E-state index < -0.39 is 10.0 Å². The monoisotopic (exact) mass is 298 g/mol. The van der Waals surface area contributed by atoms with Gasteiger partial charge in [-0.05, 0) is 26.1 Å². The van der Waals surface area contributed by atoms with E-state index in [9.17, 15) is 8.42 Å². The molecule has 0 aliphatic carbocycles. The molecule has 0 aromatic carbocycles. The summed E-state index contributed by atoms with van der Waals surface area (Å²) in [7, 11) is -0.0715. The molecule has 0 saturated carbocycles. The second-order valence-electron chi connectivity index (χ2n) is 4.45. The van der Waals surface area contributed by atoms with Crippen molar-refractivity contribution in [1.82, 2.24) is 19.8 Å². The fourth-order valence-corrected chi connectivity index (χ4v) is 2.69. The van der Waals surface area contributed by atoms with E-state index in [4.69, 9.17) is 4.42 Å². The van der Waals surface area contributed by atoms with Crippen LogP contribution >= 0.6 is 0 Å². The summed E-state index contributed by atoms with van der Waals surface area (Å²) in [5, 5.41) is 6.89. The number of hydrogen-bond acceptors (Lipinski definition) is 5. The minimum absolute atomic E-state index is 0.0794. The fourth-order valence-electron chi connectivity index (χ4n) is 1.73. The van der Waals surface area contributed by atoms with E-state index in [1.807, 2.05) is 14.0 Å².